The lowest BCUT2D eigenvalue weighted by molar-refractivity contribution is 0.316. The van der Waals surface area contributed by atoms with Crippen LogP contribution in [0, 0.1) is 13.8 Å². The Labute approximate surface area is 129 Å². The van der Waals surface area contributed by atoms with Crippen LogP contribution in [0.2, 0.25) is 0 Å². The average molecular weight is 294 g/mol. The summed E-state index contributed by atoms with van der Waals surface area (Å²) in [6, 6.07) is 8.19. The Morgan fingerprint density at radius 3 is 2.82 bits per heavy atom. The van der Waals surface area contributed by atoms with Crippen molar-refractivity contribution in [1.29, 1.82) is 0 Å². The third-order valence-electron chi connectivity index (χ3n) is 4.39. The van der Waals surface area contributed by atoms with Crippen LogP contribution in [0.4, 0.5) is 0 Å². The first kappa shape index (κ1) is 13.2. The molecule has 2 aromatic heterocycles. The van der Waals surface area contributed by atoms with Crippen molar-refractivity contribution in [2.45, 2.75) is 39.2 Å². The largest absolute Gasteiger partial charge is 0.339 e. The van der Waals surface area contributed by atoms with Crippen molar-refractivity contribution in [2.75, 3.05) is 0 Å². The third-order valence-corrected chi connectivity index (χ3v) is 4.39. The van der Waals surface area contributed by atoms with Crippen molar-refractivity contribution in [3.63, 3.8) is 0 Å². The summed E-state index contributed by atoms with van der Waals surface area (Å²) in [6.07, 6.45) is 4.01. The molecule has 1 unspecified atom stereocenters. The highest BCUT2D eigenvalue weighted by Gasteiger charge is 2.26. The first-order valence-corrected chi connectivity index (χ1v) is 7.62. The number of hydrogen-bond donors (Lipinski definition) is 0. The van der Waals surface area contributed by atoms with Crippen LogP contribution < -0.4 is 0 Å². The molecule has 0 saturated carbocycles. The first-order valence-electron chi connectivity index (χ1n) is 7.62. The molecule has 3 aromatic rings. The van der Waals surface area contributed by atoms with E-state index >= 15 is 0 Å². The quantitative estimate of drug-likeness (QED) is 0.728. The molecular weight excluding hydrogens is 276 g/mol. The molecule has 0 aliphatic carbocycles. The summed E-state index contributed by atoms with van der Waals surface area (Å²) in [6.45, 7) is 4.98. The van der Waals surface area contributed by atoms with Gasteiger partial charge in [0, 0.05) is 24.0 Å². The van der Waals surface area contributed by atoms with Crippen molar-refractivity contribution in [3.8, 4) is 11.4 Å². The van der Waals surface area contributed by atoms with Crippen molar-refractivity contribution in [1.82, 2.24) is 19.7 Å². The van der Waals surface area contributed by atoms with Crippen LogP contribution in [0.1, 0.15) is 35.3 Å². The zero-order valence-electron chi connectivity index (χ0n) is 12.8. The summed E-state index contributed by atoms with van der Waals surface area (Å²) in [5.74, 6) is 2.72. The third kappa shape index (κ3) is 2.22. The summed E-state index contributed by atoms with van der Waals surface area (Å²) >= 11 is 0. The van der Waals surface area contributed by atoms with Crippen LogP contribution in [-0.4, -0.2) is 19.7 Å². The van der Waals surface area contributed by atoms with Gasteiger partial charge in [-0.2, -0.15) is 4.98 Å². The summed E-state index contributed by atoms with van der Waals surface area (Å²) in [5, 5.41) is 4.15. The Morgan fingerprint density at radius 2 is 2.00 bits per heavy atom. The van der Waals surface area contributed by atoms with Crippen LogP contribution in [0.25, 0.3) is 11.4 Å². The first-order chi connectivity index (χ1) is 10.7. The second kappa shape index (κ2) is 5.09. The van der Waals surface area contributed by atoms with Crippen molar-refractivity contribution >= 4 is 0 Å². The fourth-order valence-corrected chi connectivity index (χ4v) is 3.02. The topological polar surface area (TPSA) is 56.7 Å². The molecule has 1 aromatic carbocycles. The lowest BCUT2D eigenvalue weighted by Gasteiger charge is -2.22. The second-order valence-electron chi connectivity index (χ2n) is 5.97. The van der Waals surface area contributed by atoms with Gasteiger partial charge in [0.15, 0.2) is 0 Å². The van der Waals surface area contributed by atoms with E-state index in [1.807, 2.05) is 25.3 Å². The molecule has 1 aliphatic rings. The van der Waals surface area contributed by atoms with E-state index in [2.05, 4.69) is 38.7 Å². The number of aryl methyl sites for hydroxylation is 3. The summed E-state index contributed by atoms with van der Waals surface area (Å²) < 4.78 is 7.78. The molecule has 4 rings (SSSR count). The maximum Gasteiger partial charge on any atom is 0.231 e. The van der Waals surface area contributed by atoms with Crippen LogP contribution in [0.5, 0.6) is 0 Å². The highest BCUT2D eigenvalue weighted by Crippen LogP contribution is 2.29. The molecule has 0 fully saturated rings. The van der Waals surface area contributed by atoms with E-state index in [1.54, 1.807) is 0 Å². The van der Waals surface area contributed by atoms with Crippen LogP contribution >= 0.6 is 0 Å². The molecule has 0 spiro atoms. The highest BCUT2D eigenvalue weighted by molar-refractivity contribution is 5.54. The molecule has 5 heteroatoms. The number of fused-ring (bicyclic) bond motifs is 1. The van der Waals surface area contributed by atoms with Gasteiger partial charge in [0.25, 0.3) is 0 Å². The van der Waals surface area contributed by atoms with E-state index < -0.39 is 0 Å². The van der Waals surface area contributed by atoms with Gasteiger partial charge in [0.1, 0.15) is 5.82 Å². The van der Waals surface area contributed by atoms with Gasteiger partial charge in [-0.05, 0) is 26.7 Å². The minimum atomic E-state index is 0.270. The van der Waals surface area contributed by atoms with E-state index in [4.69, 9.17) is 4.52 Å². The number of rotatable bonds is 2. The molecule has 22 heavy (non-hydrogen) atoms. The molecule has 1 aliphatic heterocycles. The molecule has 0 N–H and O–H groups in total. The fourth-order valence-electron chi connectivity index (χ4n) is 3.02. The van der Waals surface area contributed by atoms with Gasteiger partial charge < -0.3 is 9.09 Å². The molecular formula is C17H18N4O. The van der Waals surface area contributed by atoms with E-state index in [1.165, 1.54) is 11.3 Å². The minimum absolute atomic E-state index is 0.270. The van der Waals surface area contributed by atoms with Crippen LogP contribution in [-0.2, 0) is 13.0 Å². The smallest absolute Gasteiger partial charge is 0.231 e. The Bertz CT molecular complexity index is 800. The monoisotopic (exact) mass is 294 g/mol. The number of hydrogen-bond acceptors (Lipinski definition) is 4. The zero-order valence-corrected chi connectivity index (χ0v) is 12.8. The van der Waals surface area contributed by atoms with Crippen LogP contribution in [0.15, 0.2) is 35.0 Å². The van der Waals surface area contributed by atoms with Gasteiger partial charge in [-0.3, -0.25) is 0 Å². The normalized spacial score (nSPS) is 17.5. The summed E-state index contributed by atoms with van der Waals surface area (Å²) in [7, 11) is 0. The molecule has 0 bridgehead atoms. The molecule has 0 radical (unpaired) electrons. The van der Waals surface area contributed by atoms with E-state index in [9.17, 15) is 0 Å². The highest BCUT2D eigenvalue weighted by atomic mass is 16.5. The predicted molar refractivity (Wildman–Crippen MR) is 82.5 cm³/mol. The number of nitrogens with zero attached hydrogens (tertiary/aromatic N) is 4. The van der Waals surface area contributed by atoms with Gasteiger partial charge in [0.05, 0.1) is 5.92 Å². The van der Waals surface area contributed by atoms with Gasteiger partial charge in [-0.25, -0.2) is 4.98 Å². The van der Waals surface area contributed by atoms with Gasteiger partial charge in [0.2, 0.25) is 11.7 Å². The summed E-state index contributed by atoms with van der Waals surface area (Å²) in [5.41, 5.74) is 3.52. The van der Waals surface area contributed by atoms with Crippen molar-refractivity contribution in [2.24, 2.45) is 0 Å². The molecule has 3 heterocycles. The fraction of sp³-hybridized carbons (Fsp3) is 0.353. The lowest BCUT2D eigenvalue weighted by atomic mass is 9.98. The maximum absolute atomic E-state index is 5.53. The Kier molecular flexibility index (Phi) is 3.06. The minimum Gasteiger partial charge on any atom is -0.339 e. The van der Waals surface area contributed by atoms with Gasteiger partial charge in [-0.1, -0.05) is 35.0 Å². The Balaban J connectivity index is 1.60. The van der Waals surface area contributed by atoms with Gasteiger partial charge >= 0.3 is 0 Å². The number of benzene rings is 1. The Morgan fingerprint density at radius 1 is 1.18 bits per heavy atom. The molecule has 0 saturated heterocycles. The van der Waals surface area contributed by atoms with Crippen molar-refractivity contribution < 1.29 is 4.52 Å². The Hall–Kier alpha value is -2.43. The van der Waals surface area contributed by atoms with E-state index in [0.29, 0.717) is 5.82 Å². The molecule has 5 nitrogen and oxygen atoms in total. The predicted octanol–water partition coefficient (Wildman–Crippen LogP) is 3.28. The lowest BCUT2D eigenvalue weighted by Crippen LogP contribution is -2.19. The molecule has 112 valence electrons. The van der Waals surface area contributed by atoms with Crippen molar-refractivity contribution in [3.05, 3.63) is 53.4 Å². The average Bonchev–Trinajstić information content (AvgIpc) is 3.16. The van der Waals surface area contributed by atoms with Crippen LogP contribution in [0.3, 0.4) is 0 Å². The maximum atomic E-state index is 5.53. The molecule has 0 amide bonds. The van der Waals surface area contributed by atoms with E-state index in [-0.39, 0.29) is 5.92 Å². The standard InChI is InChI=1S/C17H18N4O/c1-11-3-5-13(6-4-11)16-19-17(22-20-16)14-7-8-15-9-18-12(2)21(15)10-14/h3-6,9,14H,7-8,10H2,1-2H3. The van der Waals surface area contributed by atoms with E-state index in [0.717, 1.165) is 36.7 Å². The zero-order chi connectivity index (χ0) is 15.1. The SMILES string of the molecule is Cc1ccc(-c2noc(C3CCc4cnc(C)n4C3)n2)cc1. The van der Waals surface area contributed by atoms with Gasteiger partial charge in [-0.15, -0.1) is 0 Å². The summed E-state index contributed by atoms with van der Waals surface area (Å²) in [4.78, 5) is 8.99. The number of aromatic nitrogens is 4. The second-order valence-corrected chi connectivity index (χ2v) is 5.97. The molecule has 1 atom stereocenters. The number of imidazole rings is 1.